The Morgan fingerprint density at radius 3 is 2.57 bits per heavy atom. The summed E-state index contributed by atoms with van der Waals surface area (Å²) in [5, 5.41) is 10.4. The summed E-state index contributed by atoms with van der Waals surface area (Å²) >= 11 is 1.72. The predicted molar refractivity (Wildman–Crippen MR) is 109 cm³/mol. The number of fused-ring (bicyclic) bond motifs is 1. The fourth-order valence-electron chi connectivity index (χ4n) is 3.46. The fourth-order valence-corrected chi connectivity index (χ4v) is 4.53. The molecule has 1 aliphatic heterocycles. The molecule has 0 spiro atoms. The molecule has 2 aromatic heterocycles. The topological polar surface area (TPSA) is 60.2 Å². The van der Waals surface area contributed by atoms with Gasteiger partial charge in [0.25, 0.3) is 0 Å². The Morgan fingerprint density at radius 1 is 1.18 bits per heavy atom. The molecular weight excluding hydrogens is 372 g/mol. The van der Waals surface area contributed by atoms with E-state index < -0.39 is 5.60 Å². The maximum atomic E-state index is 12.8. The van der Waals surface area contributed by atoms with Crippen molar-refractivity contribution in [2.24, 2.45) is 0 Å². The minimum atomic E-state index is -0.504. The Labute approximate surface area is 168 Å². The number of carbonyl (C=O) groups excluding carboxylic acids is 1. The van der Waals surface area contributed by atoms with Crippen molar-refractivity contribution in [2.45, 2.75) is 45.3 Å². The first-order valence-electron chi connectivity index (χ1n) is 9.42. The van der Waals surface area contributed by atoms with Gasteiger partial charge in [0, 0.05) is 11.4 Å². The second kappa shape index (κ2) is 7.39. The SMILES string of the molecule is CC(C)(C)OC(=O)N1CCc2ccsc2C1Cc1ccc(-n2nccn2)cc1. The van der Waals surface area contributed by atoms with E-state index in [0.717, 1.165) is 24.1 Å². The van der Waals surface area contributed by atoms with Gasteiger partial charge in [-0.2, -0.15) is 15.0 Å². The van der Waals surface area contributed by atoms with E-state index in [1.54, 1.807) is 28.5 Å². The van der Waals surface area contributed by atoms with E-state index in [-0.39, 0.29) is 12.1 Å². The van der Waals surface area contributed by atoms with Gasteiger partial charge in [-0.05, 0) is 68.3 Å². The molecule has 28 heavy (non-hydrogen) atoms. The van der Waals surface area contributed by atoms with E-state index in [2.05, 4.69) is 33.8 Å². The van der Waals surface area contributed by atoms with Crippen molar-refractivity contribution >= 4 is 17.4 Å². The molecule has 0 radical (unpaired) electrons. The standard InChI is InChI=1S/C21H24N4O2S/c1-21(2,3)27-20(26)24-12-8-16-9-13-28-19(16)18(24)14-15-4-6-17(7-5-15)25-22-10-11-23-25/h4-7,9-11,13,18H,8,12,14H2,1-3H3. The quantitative estimate of drug-likeness (QED) is 0.658. The van der Waals surface area contributed by atoms with Gasteiger partial charge in [-0.1, -0.05) is 12.1 Å². The van der Waals surface area contributed by atoms with Crippen LogP contribution in [0.1, 0.15) is 42.8 Å². The monoisotopic (exact) mass is 396 g/mol. The van der Waals surface area contributed by atoms with Crippen LogP contribution in [-0.4, -0.2) is 38.1 Å². The molecule has 1 amide bonds. The molecule has 146 valence electrons. The van der Waals surface area contributed by atoms with Crippen molar-refractivity contribution in [3.63, 3.8) is 0 Å². The average Bonchev–Trinajstić information content (AvgIpc) is 3.33. The molecule has 0 bridgehead atoms. The zero-order chi connectivity index (χ0) is 19.7. The Bertz CT molecular complexity index is 942. The minimum Gasteiger partial charge on any atom is -0.444 e. The van der Waals surface area contributed by atoms with Crippen LogP contribution in [-0.2, 0) is 17.6 Å². The molecule has 1 aromatic carbocycles. The van der Waals surface area contributed by atoms with Gasteiger partial charge in [-0.25, -0.2) is 4.79 Å². The van der Waals surface area contributed by atoms with Crippen molar-refractivity contribution in [1.29, 1.82) is 0 Å². The maximum Gasteiger partial charge on any atom is 0.410 e. The largest absolute Gasteiger partial charge is 0.444 e. The number of thiophene rings is 1. The number of hydrogen-bond acceptors (Lipinski definition) is 5. The Kier molecular flexibility index (Phi) is 4.93. The molecule has 0 saturated heterocycles. The van der Waals surface area contributed by atoms with E-state index >= 15 is 0 Å². The summed E-state index contributed by atoms with van der Waals surface area (Å²) in [6.45, 7) is 6.39. The molecule has 7 heteroatoms. The smallest absolute Gasteiger partial charge is 0.410 e. The highest BCUT2D eigenvalue weighted by Gasteiger charge is 2.34. The fraction of sp³-hybridized carbons (Fsp3) is 0.381. The number of rotatable bonds is 3. The number of aromatic nitrogens is 3. The molecule has 1 unspecified atom stereocenters. The van der Waals surface area contributed by atoms with Crippen molar-refractivity contribution < 1.29 is 9.53 Å². The van der Waals surface area contributed by atoms with Crippen molar-refractivity contribution in [3.8, 4) is 5.69 Å². The second-order valence-corrected chi connectivity index (χ2v) is 8.89. The van der Waals surface area contributed by atoms with E-state index in [1.807, 2.05) is 37.8 Å². The van der Waals surface area contributed by atoms with Crippen molar-refractivity contribution in [2.75, 3.05) is 6.54 Å². The lowest BCUT2D eigenvalue weighted by molar-refractivity contribution is 0.0146. The minimum absolute atomic E-state index is 0.00715. The first-order chi connectivity index (χ1) is 13.4. The highest BCUT2D eigenvalue weighted by molar-refractivity contribution is 7.10. The molecule has 6 nitrogen and oxygen atoms in total. The lowest BCUT2D eigenvalue weighted by atomic mass is 9.96. The summed E-state index contributed by atoms with van der Waals surface area (Å²) in [6, 6.07) is 10.3. The Hall–Kier alpha value is -2.67. The third kappa shape index (κ3) is 3.94. The van der Waals surface area contributed by atoms with Gasteiger partial charge in [0.05, 0.1) is 24.1 Å². The first-order valence-corrected chi connectivity index (χ1v) is 10.3. The highest BCUT2D eigenvalue weighted by Crippen LogP contribution is 2.37. The average molecular weight is 397 g/mol. The van der Waals surface area contributed by atoms with Crippen LogP contribution in [0, 0.1) is 0 Å². The molecule has 1 atom stereocenters. The summed E-state index contributed by atoms with van der Waals surface area (Å²) in [5.74, 6) is 0. The zero-order valence-electron chi connectivity index (χ0n) is 16.3. The van der Waals surface area contributed by atoms with Crippen LogP contribution >= 0.6 is 11.3 Å². The molecule has 3 aromatic rings. The van der Waals surface area contributed by atoms with Gasteiger partial charge in [-0.3, -0.25) is 4.90 Å². The van der Waals surface area contributed by atoms with Crippen LogP contribution < -0.4 is 0 Å². The predicted octanol–water partition coefficient (Wildman–Crippen LogP) is 4.41. The first kappa shape index (κ1) is 18.7. The van der Waals surface area contributed by atoms with Crippen LogP contribution in [0.4, 0.5) is 4.79 Å². The number of carbonyl (C=O) groups is 1. The molecule has 0 saturated carbocycles. The van der Waals surface area contributed by atoms with E-state index in [9.17, 15) is 4.79 Å². The van der Waals surface area contributed by atoms with Crippen LogP contribution in [0.25, 0.3) is 5.69 Å². The van der Waals surface area contributed by atoms with Gasteiger partial charge in [-0.15, -0.1) is 11.3 Å². The number of amides is 1. The van der Waals surface area contributed by atoms with Gasteiger partial charge < -0.3 is 4.74 Å². The highest BCUT2D eigenvalue weighted by atomic mass is 32.1. The number of ether oxygens (including phenoxy) is 1. The zero-order valence-corrected chi connectivity index (χ0v) is 17.1. The number of benzene rings is 1. The van der Waals surface area contributed by atoms with Crippen molar-refractivity contribution in [3.05, 3.63) is 64.1 Å². The molecule has 0 aliphatic carbocycles. The Balaban J connectivity index is 1.58. The Morgan fingerprint density at radius 2 is 1.89 bits per heavy atom. The number of nitrogens with zero attached hydrogens (tertiary/aromatic N) is 4. The van der Waals surface area contributed by atoms with Crippen LogP contribution in [0.3, 0.4) is 0 Å². The maximum absolute atomic E-state index is 12.8. The number of hydrogen-bond donors (Lipinski definition) is 0. The summed E-state index contributed by atoms with van der Waals surface area (Å²) in [7, 11) is 0. The molecule has 4 rings (SSSR count). The molecule has 0 fully saturated rings. The van der Waals surface area contributed by atoms with Crippen molar-refractivity contribution in [1.82, 2.24) is 19.9 Å². The van der Waals surface area contributed by atoms with Crippen LogP contribution in [0.15, 0.2) is 48.1 Å². The normalized spacial score (nSPS) is 16.7. The molecule has 1 aliphatic rings. The summed E-state index contributed by atoms with van der Waals surface area (Å²) < 4.78 is 5.68. The lowest BCUT2D eigenvalue weighted by Crippen LogP contribution is -2.43. The van der Waals surface area contributed by atoms with Gasteiger partial charge in [0.1, 0.15) is 5.60 Å². The van der Waals surface area contributed by atoms with Gasteiger partial charge in [0.15, 0.2) is 0 Å². The third-order valence-corrected chi connectivity index (χ3v) is 5.79. The lowest BCUT2D eigenvalue weighted by Gasteiger charge is -2.36. The van der Waals surface area contributed by atoms with Gasteiger partial charge in [0.2, 0.25) is 0 Å². The van der Waals surface area contributed by atoms with E-state index in [0.29, 0.717) is 6.54 Å². The third-order valence-electron chi connectivity index (χ3n) is 4.72. The summed E-state index contributed by atoms with van der Waals surface area (Å²) in [6.07, 6.45) is 4.70. The molecule has 3 heterocycles. The molecule has 0 N–H and O–H groups in total. The molecular formula is C21H24N4O2S. The van der Waals surface area contributed by atoms with Crippen LogP contribution in [0.2, 0.25) is 0 Å². The summed E-state index contributed by atoms with van der Waals surface area (Å²) in [5.41, 5.74) is 2.91. The van der Waals surface area contributed by atoms with Crippen LogP contribution in [0.5, 0.6) is 0 Å². The summed E-state index contributed by atoms with van der Waals surface area (Å²) in [4.78, 5) is 17.6. The van der Waals surface area contributed by atoms with Gasteiger partial charge >= 0.3 is 6.09 Å². The van der Waals surface area contributed by atoms with E-state index in [1.165, 1.54) is 10.4 Å². The van der Waals surface area contributed by atoms with E-state index in [4.69, 9.17) is 4.74 Å². The second-order valence-electron chi connectivity index (χ2n) is 7.94.